The van der Waals surface area contributed by atoms with Crippen LogP contribution in [0.15, 0.2) is 42.5 Å². The van der Waals surface area contributed by atoms with E-state index < -0.39 is 5.41 Å². The molecule has 0 amide bonds. The molecule has 1 aliphatic carbocycles. The number of methoxy groups -OCH3 is 1. The summed E-state index contributed by atoms with van der Waals surface area (Å²) < 4.78 is 5.24. The third-order valence-electron chi connectivity index (χ3n) is 6.02. The van der Waals surface area contributed by atoms with E-state index in [0.29, 0.717) is 17.7 Å². The number of hydrogen-bond acceptors (Lipinski definition) is 4. The van der Waals surface area contributed by atoms with Crippen molar-refractivity contribution in [1.82, 2.24) is 4.90 Å². The largest absolute Gasteiger partial charge is 0.504 e. The predicted octanol–water partition coefficient (Wildman–Crippen LogP) is 3.85. The van der Waals surface area contributed by atoms with Gasteiger partial charge in [0, 0.05) is 12.1 Å². The number of benzene rings is 2. The fraction of sp³-hybridized carbons (Fsp3) is 0.435. The molecule has 2 aliphatic rings. The molecule has 4 heteroatoms. The molecular weight excluding hydrogens is 338 g/mol. The third kappa shape index (κ3) is 3.46. The normalized spacial score (nSPS) is 22.6. The number of fused-ring (bicyclic) bond motifs is 1. The molecule has 1 saturated heterocycles. The van der Waals surface area contributed by atoms with E-state index in [1.165, 1.54) is 31.9 Å². The summed E-state index contributed by atoms with van der Waals surface area (Å²) in [7, 11) is 1.52. The number of hydrogen-bond donors (Lipinski definition) is 1. The smallest absolute Gasteiger partial charge is 0.171 e. The van der Waals surface area contributed by atoms with Crippen molar-refractivity contribution in [2.45, 2.75) is 32.1 Å². The topological polar surface area (TPSA) is 49.8 Å². The Hall–Kier alpha value is -2.33. The number of carbonyl (C=O) groups excluding carboxylic acids is 1. The van der Waals surface area contributed by atoms with Crippen molar-refractivity contribution >= 4 is 5.78 Å². The lowest BCUT2D eigenvalue weighted by molar-refractivity contribution is 0.0702. The van der Waals surface area contributed by atoms with Gasteiger partial charge in [-0.05, 0) is 62.0 Å². The van der Waals surface area contributed by atoms with Crippen molar-refractivity contribution in [3.8, 4) is 11.5 Å². The second-order valence-electron chi connectivity index (χ2n) is 7.97. The Morgan fingerprint density at radius 2 is 1.85 bits per heavy atom. The van der Waals surface area contributed by atoms with E-state index in [-0.39, 0.29) is 11.5 Å². The van der Waals surface area contributed by atoms with Crippen molar-refractivity contribution in [2.75, 3.05) is 26.7 Å². The van der Waals surface area contributed by atoms with Crippen LogP contribution >= 0.6 is 0 Å². The molecule has 2 aromatic rings. The quantitative estimate of drug-likeness (QED) is 0.874. The van der Waals surface area contributed by atoms with Crippen molar-refractivity contribution in [3.63, 3.8) is 0 Å². The first-order valence-electron chi connectivity index (χ1n) is 9.82. The number of rotatable bonds is 5. The van der Waals surface area contributed by atoms with E-state index in [2.05, 4.69) is 17.0 Å². The van der Waals surface area contributed by atoms with Gasteiger partial charge in [0.25, 0.3) is 0 Å². The highest BCUT2D eigenvalue weighted by molar-refractivity contribution is 6.06. The Kier molecular flexibility index (Phi) is 4.92. The van der Waals surface area contributed by atoms with Crippen LogP contribution < -0.4 is 4.74 Å². The molecule has 1 N–H and O–H groups in total. The van der Waals surface area contributed by atoms with Crippen LogP contribution in [0.4, 0.5) is 0 Å². The van der Waals surface area contributed by atoms with Crippen LogP contribution in [0.3, 0.4) is 0 Å². The summed E-state index contributed by atoms with van der Waals surface area (Å²) in [5, 5.41) is 10.2. The minimum Gasteiger partial charge on any atom is -0.504 e. The number of likely N-dealkylation sites (tertiary alicyclic amines) is 1. The van der Waals surface area contributed by atoms with Gasteiger partial charge in [-0.2, -0.15) is 0 Å². The minimum absolute atomic E-state index is 0.109. The zero-order chi connectivity index (χ0) is 18.9. The van der Waals surface area contributed by atoms with Crippen LogP contribution in [0.1, 0.15) is 40.7 Å². The standard InChI is InChI=1S/C23H27NO3/c1-27-21-13-19-18(12-20(21)25)15-23(22(19)26,14-17-8-4-2-5-9-17)16-24-10-6-3-7-11-24/h2,4-5,8-9,12-13,25H,3,6-7,10-11,14-16H2,1H3. The average Bonchev–Trinajstić information content (AvgIpc) is 2.93. The number of piperidine rings is 1. The van der Waals surface area contributed by atoms with E-state index in [1.54, 1.807) is 12.1 Å². The zero-order valence-corrected chi connectivity index (χ0v) is 15.9. The second kappa shape index (κ2) is 7.35. The van der Waals surface area contributed by atoms with E-state index >= 15 is 0 Å². The maximum absolute atomic E-state index is 13.6. The molecule has 142 valence electrons. The molecule has 27 heavy (non-hydrogen) atoms. The summed E-state index contributed by atoms with van der Waals surface area (Å²) in [6.07, 6.45) is 5.08. The molecule has 1 heterocycles. The summed E-state index contributed by atoms with van der Waals surface area (Å²) in [6.45, 7) is 2.90. The lowest BCUT2D eigenvalue weighted by Gasteiger charge is -2.36. The maximum atomic E-state index is 13.6. The van der Waals surface area contributed by atoms with Crippen molar-refractivity contribution in [3.05, 3.63) is 59.2 Å². The first-order valence-corrected chi connectivity index (χ1v) is 9.82. The SMILES string of the molecule is COc1cc2c(cc1O)CC(Cc1ccccc1)(CN1CCCCC1)C2=O. The van der Waals surface area contributed by atoms with Crippen molar-refractivity contribution < 1.29 is 14.6 Å². The molecule has 1 unspecified atom stereocenters. The van der Waals surface area contributed by atoms with Crippen LogP contribution in [0.5, 0.6) is 11.5 Å². The zero-order valence-electron chi connectivity index (χ0n) is 15.9. The highest BCUT2D eigenvalue weighted by Gasteiger charge is 2.47. The summed E-state index contributed by atoms with van der Waals surface area (Å²) >= 11 is 0. The minimum atomic E-state index is -0.472. The van der Waals surface area contributed by atoms with Gasteiger partial charge in [0.05, 0.1) is 12.5 Å². The Labute approximate surface area is 160 Å². The molecule has 0 aromatic heterocycles. The van der Waals surface area contributed by atoms with Crippen LogP contribution in [0, 0.1) is 5.41 Å². The average molecular weight is 365 g/mol. The van der Waals surface area contributed by atoms with Gasteiger partial charge in [0.15, 0.2) is 17.3 Å². The van der Waals surface area contributed by atoms with Gasteiger partial charge >= 0.3 is 0 Å². The van der Waals surface area contributed by atoms with E-state index in [4.69, 9.17) is 4.74 Å². The highest BCUT2D eigenvalue weighted by atomic mass is 16.5. The Morgan fingerprint density at radius 1 is 1.11 bits per heavy atom. The van der Waals surface area contributed by atoms with E-state index in [1.807, 2.05) is 18.2 Å². The molecule has 1 aliphatic heterocycles. The molecule has 0 spiro atoms. The van der Waals surface area contributed by atoms with Gasteiger partial charge in [-0.15, -0.1) is 0 Å². The molecule has 1 fully saturated rings. The van der Waals surface area contributed by atoms with Crippen molar-refractivity contribution in [1.29, 1.82) is 0 Å². The molecule has 0 saturated carbocycles. The van der Waals surface area contributed by atoms with Gasteiger partial charge in [-0.25, -0.2) is 0 Å². The molecule has 0 radical (unpaired) electrons. The molecule has 0 bridgehead atoms. The first-order chi connectivity index (χ1) is 13.1. The lowest BCUT2D eigenvalue weighted by Crippen LogP contribution is -2.45. The number of phenolic OH excluding ortho intramolecular Hbond substituents is 1. The van der Waals surface area contributed by atoms with E-state index in [0.717, 1.165) is 31.6 Å². The molecule has 1 atom stereocenters. The Balaban J connectivity index is 1.70. The number of nitrogens with zero attached hydrogens (tertiary/aromatic N) is 1. The van der Waals surface area contributed by atoms with Gasteiger partial charge in [0.2, 0.25) is 0 Å². The third-order valence-corrected chi connectivity index (χ3v) is 6.02. The Bertz CT molecular complexity index is 827. The van der Waals surface area contributed by atoms with Crippen LogP contribution in [-0.2, 0) is 12.8 Å². The van der Waals surface area contributed by atoms with Crippen molar-refractivity contribution in [2.24, 2.45) is 5.41 Å². The number of aromatic hydroxyl groups is 1. The number of ether oxygens (including phenoxy) is 1. The Morgan fingerprint density at radius 3 is 2.56 bits per heavy atom. The first kappa shape index (κ1) is 18.1. The van der Waals surface area contributed by atoms with Gasteiger partial charge in [-0.3, -0.25) is 4.79 Å². The summed E-state index contributed by atoms with van der Waals surface area (Å²) in [6, 6.07) is 13.7. The number of carbonyl (C=O) groups is 1. The predicted molar refractivity (Wildman–Crippen MR) is 106 cm³/mol. The van der Waals surface area contributed by atoms with Crippen LogP contribution in [-0.4, -0.2) is 42.5 Å². The maximum Gasteiger partial charge on any atom is 0.171 e. The molecule has 4 nitrogen and oxygen atoms in total. The number of phenols is 1. The van der Waals surface area contributed by atoms with Crippen LogP contribution in [0.25, 0.3) is 0 Å². The fourth-order valence-corrected chi connectivity index (χ4v) is 4.72. The van der Waals surface area contributed by atoms with Gasteiger partial charge in [-0.1, -0.05) is 36.8 Å². The highest BCUT2D eigenvalue weighted by Crippen LogP contribution is 2.44. The van der Waals surface area contributed by atoms with Gasteiger partial charge < -0.3 is 14.7 Å². The fourth-order valence-electron chi connectivity index (χ4n) is 4.72. The number of Topliss-reactive ketones (excluding diaryl/α,β-unsaturated/α-hetero) is 1. The van der Waals surface area contributed by atoms with E-state index in [9.17, 15) is 9.90 Å². The molecule has 4 rings (SSSR count). The number of ketones is 1. The second-order valence-corrected chi connectivity index (χ2v) is 7.97. The summed E-state index contributed by atoms with van der Waals surface area (Å²) in [4.78, 5) is 16.1. The molecular formula is C23H27NO3. The lowest BCUT2D eigenvalue weighted by atomic mass is 9.77. The molecule has 2 aromatic carbocycles. The van der Waals surface area contributed by atoms with Gasteiger partial charge in [0.1, 0.15) is 0 Å². The summed E-state index contributed by atoms with van der Waals surface area (Å²) in [5.41, 5.74) is 2.36. The summed E-state index contributed by atoms with van der Waals surface area (Å²) in [5.74, 6) is 0.665. The monoisotopic (exact) mass is 365 g/mol. The van der Waals surface area contributed by atoms with Crippen LogP contribution in [0.2, 0.25) is 0 Å².